The maximum absolute atomic E-state index is 14.5. The molecule has 2 N–H and O–H groups in total. The van der Waals surface area contributed by atoms with E-state index in [2.05, 4.69) is 25.7 Å². The first-order valence-corrected chi connectivity index (χ1v) is 10.5. The zero-order valence-corrected chi connectivity index (χ0v) is 17.4. The van der Waals surface area contributed by atoms with Crippen molar-refractivity contribution < 1.29 is 18.6 Å². The lowest BCUT2D eigenvalue weighted by molar-refractivity contribution is -0.0708. The number of nitrogens with one attached hydrogen (secondary N) is 2. The molecule has 0 aromatic carbocycles. The molecule has 3 aliphatic rings. The Bertz CT molecular complexity index is 679. The van der Waals surface area contributed by atoms with Crippen molar-refractivity contribution >= 4 is 5.82 Å². The van der Waals surface area contributed by atoms with Gasteiger partial charge in [-0.2, -0.15) is 0 Å². The Morgan fingerprint density at radius 2 is 2.17 bits per heavy atom. The summed E-state index contributed by atoms with van der Waals surface area (Å²) in [5, 5.41) is 0. The number of hydrogen-bond donors (Lipinski definition) is 2. The molecule has 1 aromatic rings. The van der Waals surface area contributed by atoms with E-state index >= 15 is 0 Å². The number of alkyl halides is 1. The lowest BCUT2D eigenvalue weighted by atomic mass is 9.78. The van der Waals surface area contributed by atoms with Gasteiger partial charge in [0, 0.05) is 38.2 Å². The molecule has 0 amide bonds. The quantitative estimate of drug-likeness (QED) is 0.730. The Kier molecular flexibility index (Phi) is 6.60. The SMILES string of the molecule is COCC1CN(c2cc(C3NNC4CC(F)C(OC(C)C)CC43)ncn2)CCO1. The molecule has 0 spiro atoms. The van der Waals surface area contributed by atoms with Gasteiger partial charge in [-0.3, -0.25) is 5.43 Å². The molecule has 29 heavy (non-hydrogen) atoms. The van der Waals surface area contributed by atoms with Crippen LogP contribution in [0.1, 0.15) is 38.4 Å². The average molecular weight is 410 g/mol. The summed E-state index contributed by atoms with van der Waals surface area (Å²) in [5.41, 5.74) is 7.54. The number of fused-ring (bicyclic) bond motifs is 1. The van der Waals surface area contributed by atoms with Crippen LogP contribution in [0.4, 0.5) is 10.2 Å². The lowest BCUT2D eigenvalue weighted by Gasteiger charge is -2.36. The minimum Gasteiger partial charge on any atom is -0.382 e. The van der Waals surface area contributed by atoms with Gasteiger partial charge < -0.3 is 19.1 Å². The summed E-state index contributed by atoms with van der Waals surface area (Å²) in [6, 6.07) is 2.12. The van der Waals surface area contributed by atoms with E-state index in [-0.39, 0.29) is 36.3 Å². The van der Waals surface area contributed by atoms with E-state index < -0.39 is 6.17 Å². The van der Waals surface area contributed by atoms with Crippen LogP contribution in [0, 0.1) is 5.92 Å². The second-order valence-corrected chi connectivity index (χ2v) is 8.44. The van der Waals surface area contributed by atoms with E-state index in [1.807, 2.05) is 19.9 Å². The van der Waals surface area contributed by atoms with Crippen molar-refractivity contribution in [2.45, 2.75) is 63.3 Å². The van der Waals surface area contributed by atoms with Crippen molar-refractivity contribution in [3.63, 3.8) is 0 Å². The van der Waals surface area contributed by atoms with Crippen LogP contribution in [0.2, 0.25) is 0 Å². The molecule has 2 aliphatic heterocycles. The summed E-state index contributed by atoms with van der Waals surface area (Å²) in [6.07, 6.45) is 1.48. The standard InChI is InChI=1S/C20H32FN5O3/c1-12(2)29-18-6-14-16(7-15(18)21)24-25-20(14)17-8-19(23-11-22-17)26-4-5-28-13(9-26)10-27-3/h8,11-16,18,20,24-25H,4-7,9-10H2,1-3H3. The number of methoxy groups -OCH3 is 1. The maximum Gasteiger partial charge on any atom is 0.132 e. The predicted octanol–water partition coefficient (Wildman–Crippen LogP) is 1.39. The van der Waals surface area contributed by atoms with Gasteiger partial charge in [-0.25, -0.2) is 19.8 Å². The minimum absolute atomic E-state index is 0.00308. The van der Waals surface area contributed by atoms with Crippen LogP contribution in [-0.4, -0.2) is 73.9 Å². The Hall–Kier alpha value is -1.39. The van der Waals surface area contributed by atoms with Crippen LogP contribution in [-0.2, 0) is 14.2 Å². The van der Waals surface area contributed by atoms with Crippen LogP contribution >= 0.6 is 0 Å². The van der Waals surface area contributed by atoms with E-state index in [0.29, 0.717) is 26.1 Å². The van der Waals surface area contributed by atoms with Crippen molar-refractivity contribution in [2.75, 3.05) is 38.3 Å². The Balaban J connectivity index is 1.48. The van der Waals surface area contributed by atoms with E-state index in [4.69, 9.17) is 14.2 Å². The van der Waals surface area contributed by atoms with Gasteiger partial charge in [-0.1, -0.05) is 0 Å². The number of nitrogens with zero attached hydrogens (tertiary/aromatic N) is 3. The number of halogens is 1. The predicted molar refractivity (Wildman–Crippen MR) is 106 cm³/mol. The topological polar surface area (TPSA) is 80.8 Å². The van der Waals surface area contributed by atoms with Crippen molar-refractivity contribution in [1.29, 1.82) is 0 Å². The van der Waals surface area contributed by atoms with Crippen LogP contribution < -0.4 is 15.8 Å². The third-order valence-corrected chi connectivity index (χ3v) is 6.01. The molecule has 3 fully saturated rings. The van der Waals surface area contributed by atoms with Gasteiger partial charge in [0.05, 0.1) is 43.3 Å². The van der Waals surface area contributed by atoms with Crippen LogP contribution in [0.15, 0.2) is 12.4 Å². The summed E-state index contributed by atoms with van der Waals surface area (Å²) < 4.78 is 31.4. The minimum atomic E-state index is -0.946. The molecule has 2 saturated heterocycles. The van der Waals surface area contributed by atoms with Gasteiger partial charge in [0.2, 0.25) is 0 Å². The average Bonchev–Trinajstić information content (AvgIpc) is 3.11. The van der Waals surface area contributed by atoms with E-state index in [0.717, 1.165) is 24.6 Å². The summed E-state index contributed by atoms with van der Waals surface area (Å²) in [5.74, 6) is 1.11. The van der Waals surface area contributed by atoms with Crippen LogP contribution in [0.25, 0.3) is 0 Å². The van der Waals surface area contributed by atoms with Crippen molar-refractivity contribution in [2.24, 2.45) is 5.92 Å². The number of hydrogen-bond acceptors (Lipinski definition) is 8. The summed E-state index contributed by atoms with van der Waals surface area (Å²) in [6.45, 7) is 6.64. The van der Waals surface area contributed by atoms with Gasteiger partial charge in [-0.15, -0.1) is 0 Å². The number of aromatic nitrogens is 2. The van der Waals surface area contributed by atoms with Gasteiger partial charge in [0.15, 0.2) is 0 Å². The number of morpholine rings is 1. The molecule has 9 heteroatoms. The summed E-state index contributed by atoms with van der Waals surface area (Å²) in [4.78, 5) is 11.2. The molecule has 1 aromatic heterocycles. The molecule has 0 bridgehead atoms. The normalized spacial score (nSPS) is 35.1. The van der Waals surface area contributed by atoms with Crippen LogP contribution in [0.5, 0.6) is 0 Å². The molecule has 8 nitrogen and oxygen atoms in total. The van der Waals surface area contributed by atoms with E-state index in [1.165, 1.54) is 0 Å². The Morgan fingerprint density at radius 1 is 1.31 bits per heavy atom. The molecular weight excluding hydrogens is 377 g/mol. The smallest absolute Gasteiger partial charge is 0.132 e. The highest BCUT2D eigenvalue weighted by Gasteiger charge is 2.46. The monoisotopic (exact) mass is 409 g/mol. The largest absolute Gasteiger partial charge is 0.382 e. The highest BCUT2D eigenvalue weighted by molar-refractivity contribution is 5.40. The second kappa shape index (κ2) is 9.18. The maximum atomic E-state index is 14.5. The first kappa shape index (κ1) is 20.9. The summed E-state index contributed by atoms with van der Waals surface area (Å²) in [7, 11) is 1.68. The third-order valence-electron chi connectivity index (χ3n) is 6.01. The van der Waals surface area contributed by atoms with Crippen molar-refractivity contribution in [1.82, 2.24) is 20.8 Å². The Morgan fingerprint density at radius 3 is 2.97 bits per heavy atom. The zero-order chi connectivity index (χ0) is 20.4. The third kappa shape index (κ3) is 4.69. The molecule has 1 aliphatic carbocycles. The van der Waals surface area contributed by atoms with Crippen molar-refractivity contribution in [3.05, 3.63) is 18.1 Å². The number of hydrazine groups is 1. The van der Waals surface area contributed by atoms with Crippen LogP contribution in [0.3, 0.4) is 0 Å². The van der Waals surface area contributed by atoms with Gasteiger partial charge >= 0.3 is 0 Å². The molecule has 3 heterocycles. The van der Waals surface area contributed by atoms with E-state index in [9.17, 15) is 4.39 Å². The first-order valence-electron chi connectivity index (χ1n) is 10.5. The molecule has 6 unspecified atom stereocenters. The van der Waals surface area contributed by atoms with Crippen molar-refractivity contribution in [3.8, 4) is 0 Å². The van der Waals surface area contributed by atoms with Gasteiger partial charge in [-0.05, 0) is 26.7 Å². The number of rotatable bonds is 6. The summed E-state index contributed by atoms with van der Waals surface area (Å²) >= 11 is 0. The first-order chi connectivity index (χ1) is 14.0. The lowest BCUT2D eigenvalue weighted by Crippen LogP contribution is -2.45. The highest BCUT2D eigenvalue weighted by atomic mass is 19.1. The molecule has 4 rings (SSSR count). The fraction of sp³-hybridized carbons (Fsp3) is 0.800. The molecule has 0 radical (unpaired) electrons. The molecule has 1 saturated carbocycles. The Labute approximate surface area is 171 Å². The molecule has 162 valence electrons. The highest BCUT2D eigenvalue weighted by Crippen LogP contribution is 2.40. The second-order valence-electron chi connectivity index (χ2n) is 8.44. The number of ether oxygens (including phenoxy) is 3. The van der Waals surface area contributed by atoms with E-state index in [1.54, 1.807) is 13.4 Å². The number of anilines is 1. The fourth-order valence-electron chi connectivity index (χ4n) is 4.69. The molecular formula is C20H32FN5O3. The zero-order valence-electron chi connectivity index (χ0n) is 17.4. The van der Waals surface area contributed by atoms with Gasteiger partial charge in [0.1, 0.15) is 18.3 Å². The fourth-order valence-corrected chi connectivity index (χ4v) is 4.69. The molecule has 6 atom stereocenters. The van der Waals surface area contributed by atoms with Gasteiger partial charge in [0.25, 0.3) is 0 Å².